The summed E-state index contributed by atoms with van der Waals surface area (Å²) in [5.74, 6) is -0.143. The number of benzene rings is 1. The van der Waals surface area contributed by atoms with Gasteiger partial charge in [0.05, 0.1) is 29.4 Å². The number of piperidine rings is 1. The normalized spacial score (nSPS) is 24.9. The fourth-order valence-corrected chi connectivity index (χ4v) is 4.67. The molecule has 9 nitrogen and oxygen atoms in total. The molecule has 1 aromatic rings. The summed E-state index contributed by atoms with van der Waals surface area (Å²) in [6.07, 6.45) is 3.96. The summed E-state index contributed by atoms with van der Waals surface area (Å²) in [4.78, 5) is 18.4. The minimum absolute atomic E-state index is 0.0444. The van der Waals surface area contributed by atoms with E-state index in [1.807, 2.05) is 0 Å². The van der Waals surface area contributed by atoms with E-state index in [0.29, 0.717) is 17.9 Å². The van der Waals surface area contributed by atoms with E-state index in [9.17, 15) is 17.6 Å². The van der Waals surface area contributed by atoms with Crippen LogP contribution in [-0.4, -0.2) is 63.2 Å². The molecule has 0 aromatic heterocycles. The first-order valence-electron chi connectivity index (χ1n) is 9.65. The molecule has 0 spiro atoms. The molecule has 0 aliphatic carbocycles. The van der Waals surface area contributed by atoms with Gasteiger partial charge >= 0.3 is 10.2 Å². The van der Waals surface area contributed by atoms with Gasteiger partial charge in [-0.05, 0) is 37.5 Å². The van der Waals surface area contributed by atoms with Gasteiger partial charge in [-0.1, -0.05) is 6.07 Å². The first kappa shape index (κ1) is 20.3. The van der Waals surface area contributed by atoms with Gasteiger partial charge < -0.3 is 15.4 Å². The monoisotopic (exact) mass is 435 g/mol. The highest BCUT2D eigenvalue weighted by molar-refractivity contribution is 7.91. The van der Waals surface area contributed by atoms with Crippen LogP contribution in [0.15, 0.2) is 39.2 Å². The van der Waals surface area contributed by atoms with Gasteiger partial charge in [-0.25, -0.2) is 4.39 Å². The van der Waals surface area contributed by atoms with E-state index in [2.05, 4.69) is 14.1 Å². The molecule has 0 bridgehead atoms. The fourth-order valence-electron chi connectivity index (χ4n) is 3.82. The number of carbonyl (C=O) groups is 1. The van der Waals surface area contributed by atoms with Crippen LogP contribution < -0.4 is 15.2 Å². The summed E-state index contributed by atoms with van der Waals surface area (Å²) in [6, 6.07) is 4.62. The highest BCUT2D eigenvalue weighted by atomic mass is 32.2. The van der Waals surface area contributed by atoms with Crippen LogP contribution >= 0.6 is 0 Å². The molecule has 160 valence electrons. The lowest BCUT2D eigenvalue weighted by Gasteiger charge is -2.36. The summed E-state index contributed by atoms with van der Waals surface area (Å²) >= 11 is 0. The number of aliphatic imine (C=N–C) groups is 1. The van der Waals surface area contributed by atoms with Crippen LogP contribution in [0.5, 0.6) is 5.75 Å². The van der Waals surface area contributed by atoms with Gasteiger partial charge in [-0.2, -0.15) is 8.42 Å². The topological polar surface area (TPSA) is 126 Å². The standard InChI is InChI=1S/C19H22FN5O4S/c20-14-10-22-8-7-13(14)19(26)25-9-2-1-4-12(25)11-29-16-6-3-5-15-17(16)18(21)24-30(27,28)23-15/h3,5-8,12,14,23H,1-2,4,9-11H2,(H2,21,24)/t12-,14?/m1/s1. The van der Waals surface area contributed by atoms with Gasteiger partial charge in [0.15, 0.2) is 5.84 Å². The van der Waals surface area contributed by atoms with Crippen LogP contribution in [0.4, 0.5) is 10.1 Å². The smallest absolute Gasteiger partial charge is 0.344 e. The Balaban J connectivity index is 1.53. The number of rotatable bonds is 4. The number of allylic oxidation sites excluding steroid dienone is 1. The number of dihydropyridines is 1. The Morgan fingerprint density at radius 3 is 3.00 bits per heavy atom. The Labute approximate surface area is 173 Å². The SMILES string of the molecule is NC1=NS(=O)(=O)Nc2cccc(OC[C@H]3CCCCN3C(=O)C3=CC=NCC3F)c21. The molecule has 1 unspecified atom stereocenters. The lowest BCUT2D eigenvalue weighted by Crippen LogP contribution is -2.48. The van der Waals surface area contributed by atoms with E-state index < -0.39 is 16.4 Å². The molecule has 3 N–H and O–H groups in total. The van der Waals surface area contributed by atoms with Crippen LogP contribution in [0.1, 0.15) is 24.8 Å². The number of nitrogens with one attached hydrogen (secondary N) is 1. The van der Waals surface area contributed by atoms with Crippen LogP contribution in [0.25, 0.3) is 0 Å². The van der Waals surface area contributed by atoms with Crippen LogP contribution in [0.3, 0.4) is 0 Å². The van der Waals surface area contributed by atoms with E-state index in [0.717, 1.165) is 19.3 Å². The average Bonchev–Trinajstić information content (AvgIpc) is 2.71. The van der Waals surface area contributed by atoms with Crippen molar-refractivity contribution in [1.29, 1.82) is 0 Å². The highest BCUT2D eigenvalue weighted by Crippen LogP contribution is 2.31. The third kappa shape index (κ3) is 4.02. The largest absolute Gasteiger partial charge is 0.491 e. The molecule has 1 aromatic carbocycles. The number of likely N-dealkylation sites (tertiary alicyclic amines) is 1. The predicted octanol–water partition coefficient (Wildman–Crippen LogP) is 1.17. The average molecular weight is 435 g/mol. The van der Waals surface area contributed by atoms with E-state index in [-0.39, 0.29) is 42.2 Å². The van der Waals surface area contributed by atoms with Crippen molar-refractivity contribution in [2.45, 2.75) is 31.5 Å². The van der Waals surface area contributed by atoms with Gasteiger partial charge in [0, 0.05) is 12.8 Å². The fraction of sp³-hybridized carbons (Fsp3) is 0.421. The molecule has 2 atom stereocenters. The third-order valence-corrected chi connectivity index (χ3v) is 6.18. The Hall–Kier alpha value is -2.95. The molecule has 3 heterocycles. The molecular weight excluding hydrogens is 413 g/mol. The molecule has 11 heteroatoms. The second-order valence-corrected chi connectivity index (χ2v) is 8.63. The second kappa shape index (κ2) is 8.05. The number of ether oxygens (including phenoxy) is 1. The quantitative estimate of drug-likeness (QED) is 0.734. The van der Waals surface area contributed by atoms with E-state index in [1.54, 1.807) is 23.1 Å². The molecule has 30 heavy (non-hydrogen) atoms. The molecule has 1 saturated heterocycles. The Bertz CT molecular complexity index is 1050. The van der Waals surface area contributed by atoms with Gasteiger partial charge in [0.1, 0.15) is 18.5 Å². The number of hydrogen-bond acceptors (Lipinski definition) is 6. The van der Waals surface area contributed by atoms with Crippen molar-refractivity contribution in [2.24, 2.45) is 15.1 Å². The molecule has 0 saturated carbocycles. The Kier molecular flexibility index (Phi) is 5.46. The first-order chi connectivity index (χ1) is 14.4. The summed E-state index contributed by atoms with van der Waals surface area (Å²) in [5, 5.41) is 0. The van der Waals surface area contributed by atoms with Crippen LogP contribution in [0, 0.1) is 0 Å². The number of hydrogen-bond donors (Lipinski definition) is 2. The van der Waals surface area contributed by atoms with E-state index >= 15 is 0 Å². The Morgan fingerprint density at radius 2 is 2.20 bits per heavy atom. The van der Waals surface area contributed by atoms with E-state index in [4.69, 9.17) is 10.5 Å². The Morgan fingerprint density at radius 1 is 1.37 bits per heavy atom. The summed E-state index contributed by atoms with van der Waals surface area (Å²) < 4.78 is 49.4. The zero-order chi connectivity index (χ0) is 21.3. The third-order valence-electron chi connectivity index (χ3n) is 5.27. The number of amidine groups is 1. The van der Waals surface area contributed by atoms with Crippen LogP contribution in [0.2, 0.25) is 0 Å². The highest BCUT2D eigenvalue weighted by Gasteiger charge is 2.33. The van der Waals surface area contributed by atoms with Gasteiger partial charge in [0.2, 0.25) is 0 Å². The van der Waals surface area contributed by atoms with Crippen molar-refractivity contribution in [3.63, 3.8) is 0 Å². The van der Waals surface area contributed by atoms with Crippen molar-refractivity contribution in [2.75, 3.05) is 24.4 Å². The summed E-state index contributed by atoms with van der Waals surface area (Å²) in [6.45, 7) is 0.641. The molecular formula is C19H22FN5O4S. The second-order valence-electron chi connectivity index (χ2n) is 7.30. The summed E-state index contributed by atoms with van der Waals surface area (Å²) in [7, 11) is -3.88. The maximum atomic E-state index is 14.2. The number of amides is 1. The maximum absolute atomic E-state index is 14.2. The molecule has 1 fully saturated rings. The molecule has 0 radical (unpaired) electrons. The minimum Gasteiger partial charge on any atom is -0.491 e. The minimum atomic E-state index is -3.88. The van der Waals surface area contributed by atoms with Crippen molar-refractivity contribution in [3.05, 3.63) is 35.4 Å². The number of fused-ring (bicyclic) bond motifs is 1. The lowest BCUT2D eigenvalue weighted by atomic mass is 9.99. The molecule has 1 amide bonds. The number of anilines is 1. The van der Waals surface area contributed by atoms with Crippen LogP contribution in [-0.2, 0) is 15.0 Å². The number of nitrogens with two attached hydrogens (primary N) is 1. The number of halogens is 1. The predicted molar refractivity (Wildman–Crippen MR) is 111 cm³/mol. The van der Waals surface area contributed by atoms with Gasteiger partial charge in [0.25, 0.3) is 5.91 Å². The van der Waals surface area contributed by atoms with Gasteiger partial charge in [-0.15, -0.1) is 4.40 Å². The molecule has 3 aliphatic rings. The molecule has 4 rings (SSSR count). The zero-order valence-corrected chi connectivity index (χ0v) is 16.9. The number of carbonyl (C=O) groups excluding carboxylic acids is 1. The number of nitrogens with zero attached hydrogens (tertiary/aromatic N) is 3. The van der Waals surface area contributed by atoms with Crippen molar-refractivity contribution >= 4 is 33.9 Å². The maximum Gasteiger partial charge on any atom is 0.344 e. The van der Waals surface area contributed by atoms with Crippen molar-refractivity contribution in [1.82, 2.24) is 4.90 Å². The number of alkyl halides is 1. The van der Waals surface area contributed by atoms with E-state index in [1.165, 1.54) is 12.3 Å². The summed E-state index contributed by atoms with van der Waals surface area (Å²) in [5.41, 5.74) is 6.59. The van der Waals surface area contributed by atoms with Gasteiger partial charge in [-0.3, -0.25) is 14.5 Å². The molecule has 3 aliphatic heterocycles. The zero-order valence-electron chi connectivity index (χ0n) is 16.1. The van der Waals surface area contributed by atoms with Crippen molar-refractivity contribution in [3.8, 4) is 5.75 Å². The lowest BCUT2D eigenvalue weighted by molar-refractivity contribution is -0.132. The first-order valence-corrected chi connectivity index (χ1v) is 11.1. The van der Waals surface area contributed by atoms with Crippen molar-refractivity contribution < 1.29 is 22.3 Å².